The van der Waals surface area contributed by atoms with E-state index in [1.807, 2.05) is 13.8 Å². The number of hydrogen-bond acceptors (Lipinski definition) is 27. The van der Waals surface area contributed by atoms with Gasteiger partial charge in [0.25, 0.3) is 0 Å². The fourth-order valence-corrected chi connectivity index (χ4v) is 12.7. The fraction of sp³-hybridized carbons (Fsp3) is 0.884. The molecular weight excluding hydrogens is 1400 g/mol. The van der Waals surface area contributed by atoms with Crippen LogP contribution in [0.2, 0.25) is 0 Å². The Balaban J connectivity index is 0.888. The maximum Gasteiger partial charge on any atom is 0.397 e. The second-order valence-corrected chi connectivity index (χ2v) is 29.2. The molecule has 0 saturated carbocycles. The molecule has 35 heteroatoms. The molecule has 4 aliphatic heterocycles. The molecule has 104 heavy (non-hydrogen) atoms. The average molecular weight is 1520 g/mol. The van der Waals surface area contributed by atoms with E-state index in [4.69, 9.17) is 51.9 Å². The zero-order chi connectivity index (χ0) is 76.8. The van der Waals surface area contributed by atoms with Gasteiger partial charge in [0.2, 0.25) is 23.6 Å². The monoisotopic (exact) mass is 1520 g/mol. The van der Waals surface area contributed by atoms with Gasteiger partial charge in [0.05, 0.1) is 51.3 Å². The highest BCUT2D eigenvalue weighted by atomic mass is 32.3. The number of carboxylic acid groups (broad SMARTS) is 2. The molecule has 4 rings (SSSR count). The van der Waals surface area contributed by atoms with Crippen LogP contribution in [0.3, 0.4) is 0 Å². The number of aliphatic hydroxyl groups excluding tert-OH is 6. The van der Waals surface area contributed by atoms with Gasteiger partial charge in [0.15, 0.2) is 37.4 Å². The second kappa shape index (κ2) is 49.4. The molecule has 0 radical (unpaired) electrons. The van der Waals surface area contributed by atoms with Gasteiger partial charge in [-0.05, 0) is 57.8 Å². The molecule has 4 aliphatic rings. The first-order valence-corrected chi connectivity index (χ1v) is 38.3. The highest BCUT2D eigenvalue weighted by molar-refractivity contribution is 7.80. The van der Waals surface area contributed by atoms with Gasteiger partial charge < -0.3 is 109 Å². The number of unbranched alkanes of at least 4 members (excludes halogenated alkanes) is 15. The standard InChI is InChI=1S/C69H120N4O30S/c1-6-49-57(82)59(84)55(72-43(2)74)67(98-49)102-61-47(78)38-53(100-63(61)65(86)87)95-34-24-16-14-22-32-70-51(80)28-20-12-8-7-10-18-26-45(76)30-36-93-41-69(4,5)42-94-37-31-46(77)27-19-11-9-13-21-29-52(81)71-33-23-15-17-25-35-96-54-39-48(79)62(64(101-54)66(88)89)103-68-56(73-44(3)75)60(85)58(83)50(99-68)40-97-104(90,91)92/h47-50,53-64,67-68,78-79,82-85H,6-42H2,1-5H3,(H,70,80)(H,71,81)(H,72,74)(H,73,75)(H,86,87)(H,88,89)(H,90,91,92). The van der Waals surface area contributed by atoms with Gasteiger partial charge in [-0.3, -0.25) is 33.3 Å². The van der Waals surface area contributed by atoms with Crippen molar-refractivity contribution in [2.45, 2.75) is 325 Å². The Morgan fingerprint density at radius 2 is 0.837 bits per heavy atom. The van der Waals surface area contributed by atoms with Crippen molar-refractivity contribution in [1.29, 1.82) is 0 Å². The number of amides is 4. The number of carboxylic acids is 2. The molecule has 13 N–H and O–H groups in total. The van der Waals surface area contributed by atoms with Crippen LogP contribution in [0.1, 0.15) is 214 Å². The predicted molar refractivity (Wildman–Crippen MR) is 367 cm³/mol. The molecule has 4 fully saturated rings. The normalized spacial score (nSPS) is 28.1. The Morgan fingerprint density at radius 1 is 0.471 bits per heavy atom. The lowest BCUT2D eigenvalue weighted by Gasteiger charge is -2.45. The molecule has 18 unspecified atom stereocenters. The highest BCUT2D eigenvalue weighted by Gasteiger charge is 2.53. The van der Waals surface area contributed by atoms with Crippen molar-refractivity contribution in [1.82, 2.24) is 21.3 Å². The van der Waals surface area contributed by atoms with Crippen LogP contribution in [0.5, 0.6) is 0 Å². The molecule has 0 bridgehead atoms. The molecule has 34 nitrogen and oxygen atoms in total. The molecule has 0 aromatic carbocycles. The van der Waals surface area contributed by atoms with E-state index in [2.05, 4.69) is 25.5 Å². The number of hydrogen-bond donors (Lipinski definition) is 13. The maximum atomic E-state index is 12.5. The van der Waals surface area contributed by atoms with Crippen molar-refractivity contribution in [2.75, 3.05) is 59.3 Å². The third-order valence-electron chi connectivity index (χ3n) is 18.2. The van der Waals surface area contributed by atoms with Crippen LogP contribution >= 0.6 is 0 Å². The number of ketones is 2. The summed E-state index contributed by atoms with van der Waals surface area (Å²) in [6.45, 7) is 9.97. The van der Waals surface area contributed by atoms with E-state index in [-0.39, 0.29) is 61.3 Å². The van der Waals surface area contributed by atoms with E-state index in [1.54, 1.807) is 6.92 Å². The molecule has 18 atom stereocenters. The van der Waals surface area contributed by atoms with E-state index >= 15 is 0 Å². The van der Waals surface area contributed by atoms with Crippen LogP contribution in [0.4, 0.5) is 0 Å². The number of Topliss-reactive ketones (excluding diaryl/α,β-unsaturated/α-hetero) is 2. The third-order valence-corrected chi connectivity index (χ3v) is 18.6. The van der Waals surface area contributed by atoms with E-state index in [0.29, 0.717) is 90.9 Å². The van der Waals surface area contributed by atoms with Gasteiger partial charge in [0.1, 0.15) is 66.4 Å². The van der Waals surface area contributed by atoms with Crippen molar-refractivity contribution < 1.29 is 144 Å². The first-order valence-electron chi connectivity index (χ1n) is 37.0. The largest absolute Gasteiger partial charge is 0.479 e. The smallest absolute Gasteiger partial charge is 0.397 e. The molecular formula is C69H120N4O30S. The van der Waals surface area contributed by atoms with Gasteiger partial charge in [-0.25, -0.2) is 13.8 Å². The van der Waals surface area contributed by atoms with Crippen molar-refractivity contribution in [3.63, 3.8) is 0 Å². The minimum atomic E-state index is -5.00. The summed E-state index contributed by atoms with van der Waals surface area (Å²) in [6.07, 6.45) is -5.94. The molecule has 4 heterocycles. The summed E-state index contributed by atoms with van der Waals surface area (Å²) in [5, 5.41) is 94.8. The predicted octanol–water partition coefficient (Wildman–Crippen LogP) is 2.23. The zero-order valence-corrected chi connectivity index (χ0v) is 61.9. The van der Waals surface area contributed by atoms with Crippen LogP contribution in [0, 0.1) is 5.41 Å². The number of aliphatic carboxylic acids is 2. The summed E-state index contributed by atoms with van der Waals surface area (Å²) in [4.78, 5) is 98.0. The summed E-state index contributed by atoms with van der Waals surface area (Å²) in [5.41, 5.74) is -0.296. The first kappa shape index (κ1) is 91.8. The lowest BCUT2D eigenvalue weighted by atomic mass is 9.94. The molecule has 0 aromatic heterocycles. The molecule has 0 spiro atoms. The van der Waals surface area contributed by atoms with Crippen molar-refractivity contribution >= 4 is 57.5 Å². The Hall–Kier alpha value is -4.61. The number of carbonyl (C=O) groups excluding carboxylic acids is 6. The zero-order valence-electron chi connectivity index (χ0n) is 61.1. The number of rotatable bonds is 55. The molecule has 602 valence electrons. The SMILES string of the molecule is CCC1OC(OC2C(O)CC(OCCCCCCNC(=O)CCCCCCCCC(=O)CCOCC(C)(C)COCCC(=O)CCCCCCCC(=O)NCCCCCCOC3CC(O)C(OC4OC(COS(=O)(=O)O)C(O)C(O)C4NC(C)=O)C(C(=O)O)O3)OC2C(=O)O)C(NC(C)=O)C(O)C1O. The third kappa shape index (κ3) is 36.1. The van der Waals surface area contributed by atoms with Crippen LogP contribution in [-0.4, -0.2) is 271 Å². The van der Waals surface area contributed by atoms with Crippen LogP contribution in [0.15, 0.2) is 0 Å². The Kier molecular flexibility index (Phi) is 43.6. The van der Waals surface area contributed by atoms with Crippen LogP contribution < -0.4 is 21.3 Å². The lowest BCUT2D eigenvalue weighted by molar-refractivity contribution is -0.321. The number of carbonyl (C=O) groups is 8. The molecule has 4 amide bonds. The summed E-state index contributed by atoms with van der Waals surface area (Å²) in [5.74, 6) is -3.94. The van der Waals surface area contributed by atoms with Crippen molar-refractivity contribution in [3.8, 4) is 0 Å². The van der Waals surface area contributed by atoms with Gasteiger partial charge in [0, 0.05) is 96.9 Å². The average Bonchev–Trinajstić information content (AvgIpc) is 0.794. The Labute approximate surface area is 609 Å². The minimum Gasteiger partial charge on any atom is -0.479 e. The summed E-state index contributed by atoms with van der Waals surface area (Å²) in [6, 6.07) is -2.75. The Morgan fingerprint density at radius 3 is 1.22 bits per heavy atom. The van der Waals surface area contributed by atoms with Gasteiger partial charge in [-0.1, -0.05) is 91.4 Å². The number of aliphatic hydroxyl groups is 6. The van der Waals surface area contributed by atoms with Gasteiger partial charge in [-0.15, -0.1) is 0 Å². The minimum absolute atomic E-state index is 0.00600. The topological polar surface area (TPSA) is 502 Å². The van der Waals surface area contributed by atoms with E-state index in [0.717, 1.165) is 116 Å². The molecule has 0 aliphatic carbocycles. The van der Waals surface area contributed by atoms with Crippen LogP contribution in [-0.2, 0) is 100 Å². The quantitative estimate of drug-likeness (QED) is 0.0307. The van der Waals surface area contributed by atoms with Crippen LogP contribution in [0.25, 0.3) is 0 Å². The summed E-state index contributed by atoms with van der Waals surface area (Å²) < 4.78 is 92.7. The molecule has 4 saturated heterocycles. The molecule has 0 aromatic rings. The van der Waals surface area contributed by atoms with E-state index in [9.17, 15) is 87.6 Å². The van der Waals surface area contributed by atoms with Crippen molar-refractivity contribution in [3.05, 3.63) is 0 Å². The van der Waals surface area contributed by atoms with E-state index < -0.39 is 151 Å². The maximum absolute atomic E-state index is 12.5. The Bertz CT molecular complexity index is 2670. The second-order valence-electron chi connectivity index (χ2n) is 28.1. The van der Waals surface area contributed by atoms with Gasteiger partial charge in [-0.2, -0.15) is 8.42 Å². The summed E-state index contributed by atoms with van der Waals surface area (Å²) in [7, 11) is -5.00. The number of ether oxygens (including phenoxy) is 10. The first-order chi connectivity index (χ1) is 49.4. The fourth-order valence-electron chi connectivity index (χ4n) is 12.4. The number of nitrogens with one attached hydrogen (secondary N) is 4. The summed E-state index contributed by atoms with van der Waals surface area (Å²) >= 11 is 0. The lowest BCUT2D eigenvalue weighted by Crippen LogP contribution is -2.66. The highest BCUT2D eigenvalue weighted by Crippen LogP contribution is 2.33. The van der Waals surface area contributed by atoms with Gasteiger partial charge >= 0.3 is 22.3 Å². The van der Waals surface area contributed by atoms with Crippen molar-refractivity contribution in [2.24, 2.45) is 5.41 Å². The van der Waals surface area contributed by atoms with E-state index in [1.165, 1.54) is 6.92 Å².